The van der Waals surface area contributed by atoms with Gasteiger partial charge in [-0.2, -0.15) is 0 Å². The number of hydrogen-bond acceptors (Lipinski definition) is 4. The zero-order chi connectivity index (χ0) is 22.9. The highest BCUT2D eigenvalue weighted by Gasteiger charge is 2.19. The molecule has 0 aliphatic rings. The third-order valence-electron chi connectivity index (χ3n) is 6.33. The van der Waals surface area contributed by atoms with E-state index in [0.29, 0.717) is 22.9 Å². The lowest BCUT2D eigenvalue weighted by molar-refractivity contribution is 0.415. The number of H-pyrrole nitrogens is 1. The third kappa shape index (κ3) is 3.82. The van der Waals surface area contributed by atoms with E-state index in [-0.39, 0.29) is 5.92 Å². The number of aromatic amines is 1. The number of para-hydroxylation sites is 1. The Morgan fingerprint density at radius 2 is 1.30 bits per heavy atom. The number of aromatic nitrogens is 1. The smallest absolute Gasteiger partial charge is 0.142 e. The average Bonchev–Trinajstić information content (AvgIpc) is 3.21. The van der Waals surface area contributed by atoms with Crippen LogP contribution in [0.3, 0.4) is 0 Å². The summed E-state index contributed by atoms with van der Waals surface area (Å²) in [6.45, 7) is 0. The van der Waals surface area contributed by atoms with Crippen molar-refractivity contribution in [1.29, 1.82) is 0 Å². The Balaban J connectivity index is 1.60. The van der Waals surface area contributed by atoms with E-state index in [1.165, 1.54) is 16.3 Å². The molecule has 5 heteroatoms. The summed E-state index contributed by atoms with van der Waals surface area (Å²) in [5, 5.41) is 2.47. The van der Waals surface area contributed by atoms with Crippen molar-refractivity contribution in [3.8, 4) is 11.5 Å². The lowest BCUT2D eigenvalue weighted by Crippen LogP contribution is -2.07. The lowest BCUT2D eigenvalue weighted by Gasteiger charge is -2.21. The molecule has 5 rings (SSSR count). The molecule has 0 aliphatic carbocycles. The van der Waals surface area contributed by atoms with Gasteiger partial charge in [0.1, 0.15) is 11.5 Å². The van der Waals surface area contributed by atoms with Gasteiger partial charge in [-0.3, -0.25) is 0 Å². The van der Waals surface area contributed by atoms with Crippen molar-refractivity contribution in [2.75, 3.05) is 25.7 Å². The SMILES string of the molecule is COc1cc(C(Cc2ccc3c(c2)[nH]c2ccccc23)c2ccc(N)c(OC)c2)ccc1N. The van der Waals surface area contributed by atoms with Gasteiger partial charge in [-0.1, -0.05) is 42.5 Å². The first-order valence-corrected chi connectivity index (χ1v) is 10.9. The van der Waals surface area contributed by atoms with E-state index in [9.17, 15) is 0 Å². The fourth-order valence-corrected chi connectivity index (χ4v) is 4.58. The largest absolute Gasteiger partial charge is 0.495 e. The van der Waals surface area contributed by atoms with E-state index in [1.54, 1.807) is 14.2 Å². The Hall–Kier alpha value is -4.12. The van der Waals surface area contributed by atoms with Crippen LogP contribution in [0.5, 0.6) is 11.5 Å². The maximum absolute atomic E-state index is 6.09. The van der Waals surface area contributed by atoms with Gasteiger partial charge in [0.2, 0.25) is 0 Å². The van der Waals surface area contributed by atoms with Crippen LogP contribution in [0.25, 0.3) is 21.8 Å². The van der Waals surface area contributed by atoms with Gasteiger partial charge in [-0.05, 0) is 59.5 Å². The molecular formula is C28H27N3O2. The first-order valence-electron chi connectivity index (χ1n) is 10.9. The molecule has 0 saturated heterocycles. The van der Waals surface area contributed by atoms with Crippen molar-refractivity contribution in [2.45, 2.75) is 12.3 Å². The molecule has 33 heavy (non-hydrogen) atoms. The van der Waals surface area contributed by atoms with E-state index in [4.69, 9.17) is 20.9 Å². The molecule has 0 amide bonds. The van der Waals surface area contributed by atoms with Gasteiger partial charge >= 0.3 is 0 Å². The van der Waals surface area contributed by atoms with Gasteiger partial charge in [0.15, 0.2) is 0 Å². The van der Waals surface area contributed by atoms with Crippen molar-refractivity contribution < 1.29 is 9.47 Å². The molecule has 0 aliphatic heterocycles. The number of fused-ring (bicyclic) bond motifs is 3. The minimum absolute atomic E-state index is 0.0656. The molecular weight excluding hydrogens is 410 g/mol. The second-order valence-electron chi connectivity index (χ2n) is 8.31. The molecule has 0 fully saturated rings. The normalized spacial score (nSPS) is 11.4. The molecule has 0 unspecified atom stereocenters. The molecule has 0 radical (unpaired) electrons. The summed E-state index contributed by atoms with van der Waals surface area (Å²) in [4.78, 5) is 3.55. The highest BCUT2D eigenvalue weighted by atomic mass is 16.5. The Kier molecular flexibility index (Phi) is 5.31. The summed E-state index contributed by atoms with van der Waals surface area (Å²) in [6.07, 6.45) is 0.797. The molecule has 4 aromatic carbocycles. The molecule has 5 aromatic rings. The average molecular weight is 438 g/mol. The first-order chi connectivity index (χ1) is 16.1. The predicted octanol–water partition coefficient (Wildman–Crippen LogP) is 5.88. The van der Waals surface area contributed by atoms with Gasteiger partial charge in [-0.15, -0.1) is 0 Å². The predicted molar refractivity (Wildman–Crippen MR) is 136 cm³/mol. The van der Waals surface area contributed by atoms with Crippen LogP contribution < -0.4 is 20.9 Å². The van der Waals surface area contributed by atoms with Gasteiger partial charge < -0.3 is 25.9 Å². The number of hydrogen-bond donors (Lipinski definition) is 3. The second kappa shape index (κ2) is 8.43. The number of benzene rings is 4. The van der Waals surface area contributed by atoms with Crippen molar-refractivity contribution in [3.05, 3.63) is 95.6 Å². The summed E-state index contributed by atoms with van der Waals surface area (Å²) in [5.74, 6) is 1.41. The fourth-order valence-electron chi connectivity index (χ4n) is 4.58. The summed E-state index contributed by atoms with van der Waals surface area (Å²) >= 11 is 0. The molecule has 5 N–H and O–H groups in total. The van der Waals surface area contributed by atoms with E-state index in [2.05, 4.69) is 59.6 Å². The number of nitrogens with one attached hydrogen (secondary N) is 1. The van der Waals surface area contributed by atoms with Crippen LogP contribution in [0.2, 0.25) is 0 Å². The van der Waals surface area contributed by atoms with E-state index >= 15 is 0 Å². The van der Waals surface area contributed by atoms with Gasteiger partial charge in [0.25, 0.3) is 0 Å². The lowest BCUT2D eigenvalue weighted by atomic mass is 9.85. The fraction of sp³-hybridized carbons (Fsp3) is 0.143. The maximum atomic E-state index is 6.09. The molecule has 5 nitrogen and oxygen atoms in total. The van der Waals surface area contributed by atoms with Crippen LogP contribution >= 0.6 is 0 Å². The first kappa shape index (κ1) is 20.8. The number of anilines is 2. The van der Waals surface area contributed by atoms with Gasteiger partial charge in [-0.25, -0.2) is 0 Å². The minimum Gasteiger partial charge on any atom is -0.495 e. The van der Waals surface area contributed by atoms with E-state index < -0.39 is 0 Å². The van der Waals surface area contributed by atoms with Crippen LogP contribution in [0.1, 0.15) is 22.6 Å². The van der Waals surface area contributed by atoms with Crippen LogP contribution in [0, 0.1) is 0 Å². The van der Waals surface area contributed by atoms with Crippen LogP contribution in [0.15, 0.2) is 78.9 Å². The standard InChI is InChI=1S/C28H27N3O2/c1-32-27-15-18(8-11-23(27)29)22(19-9-12-24(30)28(16-19)33-2)13-17-7-10-21-20-5-3-4-6-25(20)31-26(21)14-17/h3-12,14-16,22,31H,13,29-30H2,1-2H3. The Morgan fingerprint density at radius 3 is 1.94 bits per heavy atom. The summed E-state index contributed by atoms with van der Waals surface area (Å²) in [7, 11) is 3.28. The second-order valence-corrected chi connectivity index (χ2v) is 8.31. The molecule has 1 aromatic heterocycles. The van der Waals surface area contributed by atoms with Crippen LogP contribution in [0.4, 0.5) is 11.4 Å². The van der Waals surface area contributed by atoms with Crippen molar-refractivity contribution in [3.63, 3.8) is 0 Å². The zero-order valence-electron chi connectivity index (χ0n) is 18.8. The number of methoxy groups -OCH3 is 2. The highest BCUT2D eigenvalue weighted by Crippen LogP contribution is 2.36. The van der Waals surface area contributed by atoms with E-state index in [1.807, 2.05) is 24.3 Å². The molecule has 0 bridgehead atoms. The highest BCUT2D eigenvalue weighted by molar-refractivity contribution is 6.07. The number of nitrogen functional groups attached to an aromatic ring is 2. The summed E-state index contributed by atoms with van der Waals surface area (Å²) in [5.41, 5.74) is 19.2. The maximum Gasteiger partial charge on any atom is 0.142 e. The minimum atomic E-state index is 0.0656. The van der Waals surface area contributed by atoms with Gasteiger partial charge in [0, 0.05) is 27.7 Å². The van der Waals surface area contributed by atoms with Gasteiger partial charge in [0.05, 0.1) is 25.6 Å². The Bertz CT molecular complexity index is 1400. The summed E-state index contributed by atoms with van der Waals surface area (Å²) in [6, 6.07) is 27.0. The number of nitrogens with two attached hydrogens (primary N) is 2. The molecule has 0 saturated carbocycles. The number of ether oxygens (including phenoxy) is 2. The van der Waals surface area contributed by atoms with Crippen LogP contribution in [-0.4, -0.2) is 19.2 Å². The molecule has 0 spiro atoms. The van der Waals surface area contributed by atoms with E-state index in [0.717, 1.165) is 28.6 Å². The topological polar surface area (TPSA) is 86.3 Å². The van der Waals surface area contributed by atoms with Crippen molar-refractivity contribution >= 4 is 33.2 Å². The molecule has 166 valence electrons. The van der Waals surface area contributed by atoms with Crippen molar-refractivity contribution in [2.24, 2.45) is 0 Å². The van der Waals surface area contributed by atoms with Crippen LogP contribution in [-0.2, 0) is 6.42 Å². The monoisotopic (exact) mass is 437 g/mol. The Morgan fingerprint density at radius 1 is 0.697 bits per heavy atom. The quantitative estimate of drug-likeness (QED) is 0.290. The zero-order valence-corrected chi connectivity index (χ0v) is 18.8. The Labute approximate surface area is 192 Å². The number of rotatable bonds is 6. The summed E-state index contributed by atoms with van der Waals surface area (Å²) < 4.78 is 11.0. The van der Waals surface area contributed by atoms with Crippen molar-refractivity contribution in [1.82, 2.24) is 4.98 Å². The molecule has 1 heterocycles. The third-order valence-corrected chi connectivity index (χ3v) is 6.33. The molecule has 0 atom stereocenters.